The highest BCUT2D eigenvalue weighted by Gasteiger charge is 2.18. The van der Waals surface area contributed by atoms with E-state index >= 15 is 0 Å². The van der Waals surface area contributed by atoms with Crippen LogP contribution in [0.3, 0.4) is 0 Å². The van der Waals surface area contributed by atoms with Gasteiger partial charge in [-0.3, -0.25) is 4.72 Å². The lowest BCUT2D eigenvalue weighted by Gasteiger charge is -2.11. The zero-order valence-electron chi connectivity index (χ0n) is 11.0. The predicted octanol–water partition coefficient (Wildman–Crippen LogP) is 3.15. The molecule has 0 bridgehead atoms. The smallest absolute Gasteiger partial charge is 0.337 e. The number of rotatable bonds is 4. The van der Waals surface area contributed by atoms with Gasteiger partial charge in [-0.15, -0.1) is 0 Å². The van der Waals surface area contributed by atoms with Crippen LogP contribution in [-0.4, -0.2) is 19.5 Å². The summed E-state index contributed by atoms with van der Waals surface area (Å²) in [5, 5.41) is 9.32. The summed E-state index contributed by atoms with van der Waals surface area (Å²) in [6.07, 6.45) is 0. The molecular formula is C14H12ClNO4S. The van der Waals surface area contributed by atoms with Crippen LogP contribution in [0.5, 0.6) is 0 Å². The maximum absolute atomic E-state index is 12.3. The number of hydrogen-bond donors (Lipinski definition) is 2. The van der Waals surface area contributed by atoms with Gasteiger partial charge >= 0.3 is 5.97 Å². The minimum Gasteiger partial charge on any atom is -0.478 e. The summed E-state index contributed by atoms with van der Waals surface area (Å²) in [6, 6.07) is 10.1. The van der Waals surface area contributed by atoms with Crippen molar-refractivity contribution in [2.24, 2.45) is 0 Å². The summed E-state index contributed by atoms with van der Waals surface area (Å²) in [4.78, 5) is 11.2. The number of carboxylic acid groups (broad SMARTS) is 1. The highest BCUT2D eigenvalue weighted by atomic mass is 35.5. The van der Waals surface area contributed by atoms with E-state index in [0.717, 1.165) is 5.56 Å². The van der Waals surface area contributed by atoms with Crippen molar-refractivity contribution in [2.45, 2.75) is 11.8 Å². The van der Waals surface area contributed by atoms with E-state index in [0.29, 0.717) is 0 Å². The average Bonchev–Trinajstić information content (AvgIpc) is 2.38. The summed E-state index contributed by atoms with van der Waals surface area (Å²) in [7, 11) is -3.87. The number of sulfonamides is 1. The maximum atomic E-state index is 12.3. The van der Waals surface area contributed by atoms with Gasteiger partial charge in [0.25, 0.3) is 10.0 Å². The van der Waals surface area contributed by atoms with Crippen LogP contribution in [0, 0.1) is 6.92 Å². The highest BCUT2D eigenvalue weighted by Crippen LogP contribution is 2.24. The summed E-state index contributed by atoms with van der Waals surface area (Å²) >= 11 is 5.79. The van der Waals surface area contributed by atoms with Gasteiger partial charge in [0, 0.05) is 5.02 Å². The standard InChI is InChI=1S/C14H12ClNO4S/c1-9-2-5-11(6-3-9)21(19,20)16-13-8-10(15)4-7-12(13)14(17)18/h2-8,16H,1H3,(H,17,18). The molecule has 0 saturated carbocycles. The van der Waals surface area contributed by atoms with Gasteiger partial charge in [0.1, 0.15) is 0 Å². The summed E-state index contributed by atoms with van der Waals surface area (Å²) in [5.41, 5.74) is 0.675. The lowest BCUT2D eigenvalue weighted by molar-refractivity contribution is 0.0698. The molecule has 0 atom stereocenters. The fraction of sp³-hybridized carbons (Fsp3) is 0.0714. The molecule has 21 heavy (non-hydrogen) atoms. The van der Waals surface area contributed by atoms with Crippen molar-refractivity contribution in [3.63, 3.8) is 0 Å². The molecule has 0 radical (unpaired) electrons. The Morgan fingerprint density at radius 1 is 1.14 bits per heavy atom. The molecule has 0 unspecified atom stereocenters. The molecule has 0 saturated heterocycles. The van der Waals surface area contributed by atoms with E-state index < -0.39 is 16.0 Å². The van der Waals surface area contributed by atoms with Crippen LogP contribution in [0.25, 0.3) is 0 Å². The Hall–Kier alpha value is -2.05. The number of nitrogens with one attached hydrogen (secondary N) is 1. The monoisotopic (exact) mass is 325 g/mol. The van der Waals surface area contributed by atoms with Crippen molar-refractivity contribution in [1.29, 1.82) is 0 Å². The fourth-order valence-corrected chi connectivity index (χ4v) is 2.95. The van der Waals surface area contributed by atoms with Crippen LogP contribution < -0.4 is 4.72 Å². The molecule has 0 aliphatic rings. The number of carboxylic acids is 1. The average molecular weight is 326 g/mol. The minimum atomic E-state index is -3.87. The van der Waals surface area contributed by atoms with Crippen LogP contribution in [0.1, 0.15) is 15.9 Å². The van der Waals surface area contributed by atoms with E-state index in [9.17, 15) is 13.2 Å². The molecule has 0 aliphatic carbocycles. The Labute approximate surface area is 127 Å². The Balaban J connectivity index is 2.43. The molecule has 0 heterocycles. The number of benzene rings is 2. The quantitative estimate of drug-likeness (QED) is 0.904. The molecule has 0 fully saturated rings. The third kappa shape index (κ3) is 3.53. The Morgan fingerprint density at radius 3 is 2.33 bits per heavy atom. The van der Waals surface area contributed by atoms with Crippen LogP contribution in [0.2, 0.25) is 5.02 Å². The van der Waals surface area contributed by atoms with Gasteiger partial charge in [-0.1, -0.05) is 29.3 Å². The first kappa shape index (κ1) is 15.3. The van der Waals surface area contributed by atoms with E-state index in [2.05, 4.69) is 4.72 Å². The highest BCUT2D eigenvalue weighted by molar-refractivity contribution is 7.92. The molecule has 2 aromatic carbocycles. The zero-order valence-corrected chi connectivity index (χ0v) is 12.6. The van der Waals surface area contributed by atoms with Crippen LogP contribution in [-0.2, 0) is 10.0 Å². The first-order valence-corrected chi connectivity index (χ1v) is 7.78. The number of anilines is 1. The fourth-order valence-electron chi connectivity index (χ4n) is 1.71. The number of hydrogen-bond acceptors (Lipinski definition) is 3. The van der Waals surface area contributed by atoms with Crippen LogP contribution >= 0.6 is 11.6 Å². The Morgan fingerprint density at radius 2 is 1.76 bits per heavy atom. The molecule has 110 valence electrons. The zero-order chi connectivity index (χ0) is 15.6. The third-order valence-corrected chi connectivity index (χ3v) is 4.40. The van der Waals surface area contributed by atoms with E-state index in [4.69, 9.17) is 16.7 Å². The summed E-state index contributed by atoms with van der Waals surface area (Å²) in [6.45, 7) is 1.84. The second-order valence-corrected chi connectivity index (χ2v) is 6.53. The molecular weight excluding hydrogens is 314 g/mol. The van der Waals surface area contributed by atoms with Crippen molar-refractivity contribution in [3.05, 3.63) is 58.6 Å². The molecule has 0 amide bonds. The predicted molar refractivity (Wildman–Crippen MR) is 80.4 cm³/mol. The molecule has 0 aromatic heterocycles. The first-order valence-electron chi connectivity index (χ1n) is 5.92. The van der Waals surface area contributed by atoms with Gasteiger partial charge in [-0.25, -0.2) is 13.2 Å². The van der Waals surface area contributed by atoms with Gasteiger partial charge in [0.15, 0.2) is 0 Å². The summed E-state index contributed by atoms with van der Waals surface area (Å²) < 4.78 is 26.8. The topological polar surface area (TPSA) is 83.5 Å². The van der Waals surface area contributed by atoms with E-state index in [1.165, 1.54) is 30.3 Å². The second kappa shape index (κ2) is 5.75. The van der Waals surface area contributed by atoms with E-state index in [1.54, 1.807) is 12.1 Å². The lowest BCUT2D eigenvalue weighted by atomic mass is 10.2. The van der Waals surface area contributed by atoms with E-state index in [-0.39, 0.29) is 21.2 Å². The third-order valence-electron chi connectivity index (χ3n) is 2.79. The van der Waals surface area contributed by atoms with Crippen molar-refractivity contribution in [1.82, 2.24) is 0 Å². The van der Waals surface area contributed by atoms with Crippen molar-refractivity contribution < 1.29 is 18.3 Å². The second-order valence-electron chi connectivity index (χ2n) is 4.41. The summed E-state index contributed by atoms with van der Waals surface area (Å²) in [5.74, 6) is -1.24. The van der Waals surface area contributed by atoms with E-state index in [1.807, 2.05) is 6.92 Å². The van der Waals surface area contributed by atoms with Crippen molar-refractivity contribution >= 4 is 33.3 Å². The Kier molecular flexibility index (Phi) is 4.20. The number of carbonyl (C=O) groups is 1. The minimum absolute atomic E-state index is 0.0458. The van der Waals surface area contributed by atoms with Gasteiger partial charge in [-0.05, 0) is 37.3 Å². The Bertz CT molecular complexity index is 785. The van der Waals surface area contributed by atoms with Crippen molar-refractivity contribution in [3.8, 4) is 0 Å². The molecule has 0 aliphatic heterocycles. The molecule has 0 spiro atoms. The largest absolute Gasteiger partial charge is 0.478 e. The van der Waals surface area contributed by atoms with Gasteiger partial charge in [0.2, 0.25) is 0 Å². The number of aryl methyl sites for hydroxylation is 1. The van der Waals surface area contributed by atoms with Gasteiger partial charge in [0.05, 0.1) is 16.1 Å². The molecule has 2 N–H and O–H groups in total. The van der Waals surface area contributed by atoms with Crippen molar-refractivity contribution in [2.75, 3.05) is 4.72 Å². The SMILES string of the molecule is Cc1ccc(S(=O)(=O)Nc2cc(Cl)ccc2C(=O)O)cc1. The van der Waals surface area contributed by atoms with Gasteiger partial charge in [-0.2, -0.15) is 0 Å². The molecule has 2 aromatic rings. The molecule has 5 nitrogen and oxygen atoms in total. The molecule has 7 heteroatoms. The lowest BCUT2D eigenvalue weighted by Crippen LogP contribution is -2.15. The first-order chi connectivity index (χ1) is 9.79. The van der Waals surface area contributed by atoms with Crippen LogP contribution in [0.4, 0.5) is 5.69 Å². The number of aromatic carboxylic acids is 1. The van der Waals surface area contributed by atoms with Gasteiger partial charge < -0.3 is 5.11 Å². The maximum Gasteiger partial charge on any atom is 0.337 e. The molecule has 2 rings (SSSR count). The number of halogens is 1. The normalized spacial score (nSPS) is 11.1. The van der Waals surface area contributed by atoms with Crippen LogP contribution in [0.15, 0.2) is 47.4 Å².